The Bertz CT molecular complexity index is 605. The molecule has 0 aliphatic rings. The van der Waals surface area contributed by atoms with E-state index >= 15 is 0 Å². The van der Waals surface area contributed by atoms with Gasteiger partial charge in [-0.05, 0) is 41.1 Å². The van der Waals surface area contributed by atoms with E-state index in [1.807, 2.05) is 6.92 Å². The number of ether oxygens (including phenoxy) is 1. The summed E-state index contributed by atoms with van der Waals surface area (Å²) < 4.78 is 6.28. The molecule has 1 aromatic heterocycles. The molecule has 0 amide bonds. The largest absolute Gasteiger partial charge is 0.435 e. The highest BCUT2D eigenvalue weighted by molar-refractivity contribution is 9.10. The number of rotatable bonds is 2. The van der Waals surface area contributed by atoms with E-state index in [-0.39, 0.29) is 0 Å². The van der Waals surface area contributed by atoms with Crippen LogP contribution in [0.25, 0.3) is 0 Å². The molecule has 0 atom stereocenters. The van der Waals surface area contributed by atoms with E-state index in [4.69, 9.17) is 33.7 Å². The van der Waals surface area contributed by atoms with Crippen LogP contribution >= 0.6 is 39.1 Å². The van der Waals surface area contributed by atoms with Gasteiger partial charge in [0.25, 0.3) is 0 Å². The monoisotopic (exact) mass is 346 g/mol. The summed E-state index contributed by atoms with van der Waals surface area (Å²) in [4.78, 5) is 4.20. The van der Waals surface area contributed by atoms with Gasteiger partial charge in [-0.25, -0.2) is 4.98 Å². The van der Waals surface area contributed by atoms with Gasteiger partial charge in [-0.1, -0.05) is 23.2 Å². The van der Waals surface area contributed by atoms with Gasteiger partial charge < -0.3 is 10.5 Å². The SMILES string of the molecule is Cc1ccc(N)c(Oc2cc(Cl)c(Br)cc2Cl)n1. The third kappa shape index (κ3) is 2.88. The van der Waals surface area contributed by atoms with Crippen LogP contribution in [0.15, 0.2) is 28.7 Å². The van der Waals surface area contributed by atoms with Crippen molar-refractivity contribution < 1.29 is 4.74 Å². The van der Waals surface area contributed by atoms with Gasteiger partial charge in [0.2, 0.25) is 5.88 Å². The normalized spacial score (nSPS) is 10.4. The second-order valence-electron chi connectivity index (χ2n) is 3.65. The van der Waals surface area contributed by atoms with Crippen LogP contribution in [0.5, 0.6) is 11.6 Å². The van der Waals surface area contributed by atoms with Crippen LogP contribution in [0.1, 0.15) is 5.69 Å². The van der Waals surface area contributed by atoms with Crippen LogP contribution in [-0.2, 0) is 0 Å². The number of anilines is 1. The first-order valence-electron chi connectivity index (χ1n) is 5.03. The fourth-order valence-corrected chi connectivity index (χ4v) is 2.14. The number of hydrogen-bond acceptors (Lipinski definition) is 3. The Morgan fingerprint density at radius 2 is 1.94 bits per heavy atom. The van der Waals surface area contributed by atoms with Gasteiger partial charge >= 0.3 is 0 Å². The van der Waals surface area contributed by atoms with E-state index < -0.39 is 0 Å². The van der Waals surface area contributed by atoms with Gasteiger partial charge in [-0.2, -0.15) is 0 Å². The third-order valence-corrected chi connectivity index (χ3v) is 3.70. The zero-order valence-electron chi connectivity index (χ0n) is 9.38. The molecule has 0 aliphatic carbocycles. The van der Waals surface area contributed by atoms with Crippen molar-refractivity contribution in [1.82, 2.24) is 4.98 Å². The Hall–Kier alpha value is -0.970. The fraction of sp³-hybridized carbons (Fsp3) is 0.0833. The molecule has 0 unspecified atom stereocenters. The van der Waals surface area contributed by atoms with Crippen LogP contribution in [-0.4, -0.2) is 4.98 Å². The van der Waals surface area contributed by atoms with Crippen LogP contribution in [0.2, 0.25) is 10.0 Å². The number of hydrogen-bond donors (Lipinski definition) is 1. The lowest BCUT2D eigenvalue weighted by Gasteiger charge is -2.10. The molecule has 0 bridgehead atoms. The lowest BCUT2D eigenvalue weighted by molar-refractivity contribution is 0.464. The molecule has 0 radical (unpaired) electrons. The van der Waals surface area contributed by atoms with Crippen LogP contribution in [0, 0.1) is 6.92 Å². The predicted molar refractivity (Wildman–Crippen MR) is 77.6 cm³/mol. The van der Waals surface area contributed by atoms with Crippen molar-refractivity contribution >= 4 is 44.8 Å². The lowest BCUT2D eigenvalue weighted by atomic mass is 10.3. The second kappa shape index (κ2) is 5.34. The summed E-state index contributed by atoms with van der Waals surface area (Å²) in [7, 11) is 0. The Kier molecular flexibility index (Phi) is 4.00. The highest BCUT2D eigenvalue weighted by Gasteiger charge is 2.10. The second-order valence-corrected chi connectivity index (χ2v) is 5.31. The van der Waals surface area contributed by atoms with Crippen LogP contribution in [0.3, 0.4) is 0 Å². The predicted octanol–water partition coefficient (Wildman–Crippen LogP) is 4.83. The zero-order valence-corrected chi connectivity index (χ0v) is 12.5. The first-order chi connectivity index (χ1) is 8.47. The smallest absolute Gasteiger partial charge is 0.242 e. The Labute approximate surface area is 123 Å². The molecule has 0 aliphatic heterocycles. The number of aromatic nitrogens is 1. The molecule has 6 heteroatoms. The quantitative estimate of drug-likeness (QED) is 0.791. The van der Waals surface area contributed by atoms with E-state index in [1.54, 1.807) is 24.3 Å². The lowest BCUT2D eigenvalue weighted by Crippen LogP contribution is -1.96. The molecule has 2 rings (SSSR count). The van der Waals surface area contributed by atoms with Gasteiger partial charge in [0, 0.05) is 16.2 Å². The maximum atomic E-state index is 6.06. The standard InChI is InChI=1S/C12H9BrCl2N2O/c1-6-2-3-10(16)12(17-6)18-11-5-8(14)7(13)4-9(11)15/h2-5H,16H2,1H3. The van der Waals surface area contributed by atoms with E-state index in [0.29, 0.717) is 31.8 Å². The van der Waals surface area contributed by atoms with Crippen molar-refractivity contribution in [2.75, 3.05) is 5.73 Å². The molecule has 0 saturated carbocycles. The van der Waals surface area contributed by atoms with E-state index in [9.17, 15) is 0 Å². The number of nitrogens with two attached hydrogens (primary N) is 1. The summed E-state index contributed by atoms with van der Waals surface area (Å²) in [5.41, 5.74) is 7.03. The van der Waals surface area contributed by atoms with E-state index in [2.05, 4.69) is 20.9 Å². The highest BCUT2D eigenvalue weighted by Crippen LogP contribution is 2.37. The highest BCUT2D eigenvalue weighted by atomic mass is 79.9. The van der Waals surface area contributed by atoms with Gasteiger partial charge in [-0.3, -0.25) is 0 Å². The average Bonchev–Trinajstić information content (AvgIpc) is 2.30. The van der Waals surface area contributed by atoms with Gasteiger partial charge in [0.1, 0.15) is 5.75 Å². The van der Waals surface area contributed by atoms with E-state index in [1.165, 1.54) is 0 Å². The molecule has 1 heterocycles. The Morgan fingerprint density at radius 1 is 1.22 bits per heavy atom. The summed E-state index contributed by atoms with van der Waals surface area (Å²) >= 11 is 15.3. The van der Waals surface area contributed by atoms with Crippen molar-refractivity contribution in [3.8, 4) is 11.6 Å². The summed E-state index contributed by atoms with van der Waals surface area (Å²) in [6.07, 6.45) is 0. The molecule has 0 fully saturated rings. The van der Waals surface area contributed by atoms with Crippen molar-refractivity contribution in [3.05, 3.63) is 44.5 Å². The molecular formula is C12H9BrCl2N2O. The van der Waals surface area contributed by atoms with Crippen molar-refractivity contribution in [2.24, 2.45) is 0 Å². The minimum absolute atomic E-state index is 0.315. The molecule has 0 spiro atoms. The summed E-state index contributed by atoms with van der Waals surface area (Å²) in [6, 6.07) is 6.80. The third-order valence-electron chi connectivity index (χ3n) is 2.21. The maximum Gasteiger partial charge on any atom is 0.242 e. The number of nitrogen functional groups attached to an aromatic ring is 1. The minimum atomic E-state index is 0.315. The molecule has 18 heavy (non-hydrogen) atoms. The zero-order chi connectivity index (χ0) is 13.3. The average molecular weight is 348 g/mol. The van der Waals surface area contributed by atoms with Gasteiger partial charge in [0.15, 0.2) is 0 Å². The first-order valence-corrected chi connectivity index (χ1v) is 6.58. The van der Waals surface area contributed by atoms with Crippen LogP contribution < -0.4 is 10.5 Å². The molecule has 94 valence electrons. The van der Waals surface area contributed by atoms with Gasteiger partial charge in [-0.15, -0.1) is 0 Å². The minimum Gasteiger partial charge on any atom is -0.435 e. The van der Waals surface area contributed by atoms with Crippen molar-refractivity contribution in [1.29, 1.82) is 0 Å². The number of nitrogens with zero attached hydrogens (tertiary/aromatic N) is 1. The molecule has 2 N–H and O–H groups in total. The summed E-state index contributed by atoms with van der Waals surface area (Å²) in [6.45, 7) is 1.85. The van der Waals surface area contributed by atoms with Crippen molar-refractivity contribution in [2.45, 2.75) is 6.92 Å². The molecule has 3 nitrogen and oxygen atoms in total. The Balaban J connectivity index is 2.40. The number of halogens is 3. The topological polar surface area (TPSA) is 48.1 Å². The molecular weight excluding hydrogens is 339 g/mol. The fourth-order valence-electron chi connectivity index (χ4n) is 1.31. The van der Waals surface area contributed by atoms with E-state index in [0.717, 1.165) is 5.69 Å². The number of pyridine rings is 1. The summed E-state index contributed by atoms with van der Waals surface area (Å²) in [5.74, 6) is 0.727. The maximum absolute atomic E-state index is 6.06. The number of benzene rings is 1. The summed E-state index contributed by atoms with van der Waals surface area (Å²) in [5, 5.41) is 0.926. The number of aryl methyl sites for hydroxylation is 1. The Morgan fingerprint density at radius 3 is 2.67 bits per heavy atom. The van der Waals surface area contributed by atoms with Crippen molar-refractivity contribution in [3.63, 3.8) is 0 Å². The molecule has 1 aromatic carbocycles. The van der Waals surface area contributed by atoms with Crippen LogP contribution in [0.4, 0.5) is 5.69 Å². The molecule has 0 saturated heterocycles. The first kappa shape index (κ1) is 13.5. The molecule has 2 aromatic rings. The van der Waals surface area contributed by atoms with Gasteiger partial charge in [0.05, 0.1) is 15.7 Å².